The Bertz CT molecular complexity index is 1290. The summed E-state index contributed by atoms with van der Waals surface area (Å²) < 4.78 is 12.5. The fourth-order valence-corrected chi connectivity index (χ4v) is 7.07. The molecule has 0 spiro atoms. The molecule has 1 aliphatic carbocycles. The van der Waals surface area contributed by atoms with Crippen molar-refractivity contribution in [2.75, 3.05) is 18.6 Å². The van der Waals surface area contributed by atoms with E-state index in [0.717, 1.165) is 31.2 Å². The maximum absolute atomic E-state index is 13.1. The molecule has 4 unspecified atom stereocenters. The highest BCUT2D eigenvalue weighted by Gasteiger charge is 2.29. The smallest absolute Gasteiger partial charge is 0.195 e. The van der Waals surface area contributed by atoms with E-state index in [0.29, 0.717) is 35.3 Å². The molecule has 4 rings (SSSR count). The molecular formula is C33H42NO3PSi. The summed E-state index contributed by atoms with van der Waals surface area (Å²) in [6.07, 6.45) is 7.26. The Morgan fingerprint density at radius 1 is 1.00 bits per heavy atom. The fraction of sp³-hybridized carbons (Fsp3) is 0.364. The Labute approximate surface area is 237 Å². The fourth-order valence-electron chi connectivity index (χ4n) is 5.01. The van der Waals surface area contributed by atoms with Gasteiger partial charge in [-0.2, -0.15) is 0 Å². The molecule has 4 atom stereocenters. The third kappa shape index (κ3) is 7.76. The van der Waals surface area contributed by atoms with Gasteiger partial charge in [0.05, 0.1) is 19.3 Å². The van der Waals surface area contributed by atoms with Gasteiger partial charge in [0, 0.05) is 29.0 Å². The molecule has 0 heterocycles. The lowest BCUT2D eigenvalue weighted by atomic mass is 9.84. The highest BCUT2D eigenvalue weighted by molar-refractivity contribution is 7.27. The Balaban J connectivity index is 1.29. The maximum Gasteiger partial charge on any atom is 0.195 e. The highest BCUT2D eigenvalue weighted by atomic mass is 31.0. The lowest BCUT2D eigenvalue weighted by Gasteiger charge is -2.31. The minimum absolute atomic E-state index is 0.0322. The van der Waals surface area contributed by atoms with Crippen molar-refractivity contribution in [3.8, 4) is 0 Å². The van der Waals surface area contributed by atoms with Gasteiger partial charge in [0.1, 0.15) is 8.07 Å². The second kappa shape index (κ2) is 13.2. The van der Waals surface area contributed by atoms with Gasteiger partial charge in [0.15, 0.2) is 5.78 Å². The third-order valence-electron chi connectivity index (χ3n) is 7.82. The zero-order valence-corrected chi connectivity index (χ0v) is 25.8. The summed E-state index contributed by atoms with van der Waals surface area (Å²) in [6.45, 7) is 10.4. The summed E-state index contributed by atoms with van der Waals surface area (Å²) >= 11 is 0. The number of nitrogen functional groups attached to an aromatic ring is 1. The summed E-state index contributed by atoms with van der Waals surface area (Å²) in [7, 11) is 0.868. The van der Waals surface area contributed by atoms with Crippen molar-refractivity contribution in [3.05, 3.63) is 101 Å². The normalized spacial score (nSPS) is 19.3. The summed E-state index contributed by atoms with van der Waals surface area (Å²) in [5, 5.41) is 2.47. The van der Waals surface area contributed by atoms with Crippen LogP contribution in [-0.4, -0.2) is 32.8 Å². The lowest BCUT2D eigenvalue weighted by molar-refractivity contribution is 0.0506. The Morgan fingerprint density at radius 2 is 1.69 bits per heavy atom. The molecule has 39 heavy (non-hydrogen) atoms. The van der Waals surface area contributed by atoms with Crippen molar-refractivity contribution < 1.29 is 14.3 Å². The molecule has 3 aromatic carbocycles. The van der Waals surface area contributed by atoms with E-state index >= 15 is 0 Å². The average molecular weight is 560 g/mol. The average Bonchev–Trinajstić information content (AvgIpc) is 2.93. The first-order chi connectivity index (χ1) is 18.7. The molecule has 0 bridgehead atoms. The summed E-state index contributed by atoms with van der Waals surface area (Å²) in [5.41, 5.74) is 10.3. The molecule has 3 aromatic rings. The van der Waals surface area contributed by atoms with Crippen LogP contribution in [0.4, 0.5) is 5.69 Å². The first-order valence-corrected chi connectivity index (χ1v) is 17.7. The molecule has 2 N–H and O–H groups in total. The Hall–Kier alpha value is -2.56. The van der Waals surface area contributed by atoms with Gasteiger partial charge in [-0.05, 0) is 47.3 Å². The summed E-state index contributed by atoms with van der Waals surface area (Å²) in [5.74, 6) is 0.881. The SMILES string of the molecule is CCc1ccc(C(=O)c2ccc([Si](C)(C)COC3C=CC(COCc4ccc(P)cc4)C(C)C3)cc2)c(N)c1. The Morgan fingerprint density at radius 3 is 2.33 bits per heavy atom. The van der Waals surface area contributed by atoms with Crippen molar-refractivity contribution in [2.24, 2.45) is 11.8 Å². The second-order valence-electron chi connectivity index (χ2n) is 11.4. The lowest BCUT2D eigenvalue weighted by Crippen LogP contribution is -2.47. The van der Waals surface area contributed by atoms with Gasteiger partial charge >= 0.3 is 0 Å². The van der Waals surface area contributed by atoms with E-state index in [9.17, 15) is 4.79 Å². The van der Waals surface area contributed by atoms with E-state index in [-0.39, 0.29) is 11.9 Å². The standard InChI is InChI=1S/C33H42NO3PSi/c1-5-24-8-17-31(32(34)19-24)33(35)26-10-15-30(16-11-26)39(3,4)22-37-28-12-9-27(23(2)18-28)21-36-20-25-6-13-29(38)14-7-25/h6-17,19,23,27-28H,5,18,20-22,34,38H2,1-4H3. The number of nitrogens with two attached hydrogens (primary N) is 1. The number of benzene rings is 3. The van der Waals surface area contributed by atoms with E-state index in [2.05, 4.69) is 84.7 Å². The van der Waals surface area contributed by atoms with Crippen molar-refractivity contribution in [3.63, 3.8) is 0 Å². The van der Waals surface area contributed by atoms with E-state index in [1.165, 1.54) is 16.1 Å². The Kier molecular flexibility index (Phi) is 9.95. The zero-order valence-electron chi connectivity index (χ0n) is 23.7. The van der Waals surface area contributed by atoms with Gasteiger partial charge in [-0.3, -0.25) is 4.79 Å². The summed E-state index contributed by atoms with van der Waals surface area (Å²) in [6, 6.07) is 22.2. The van der Waals surface area contributed by atoms with Crippen molar-refractivity contribution in [1.29, 1.82) is 0 Å². The molecule has 0 radical (unpaired) electrons. The number of hydrogen-bond donors (Lipinski definition) is 1. The van der Waals surface area contributed by atoms with Gasteiger partial charge in [0.2, 0.25) is 0 Å². The van der Waals surface area contributed by atoms with Crippen LogP contribution in [0.1, 0.15) is 47.3 Å². The minimum atomic E-state index is -1.84. The van der Waals surface area contributed by atoms with Crippen LogP contribution in [0, 0.1) is 11.8 Å². The van der Waals surface area contributed by atoms with Gasteiger partial charge in [-0.25, -0.2) is 0 Å². The third-order valence-corrected chi connectivity index (χ3v) is 11.0. The minimum Gasteiger partial charge on any atom is -0.398 e. The number of aryl methyl sites for hydroxylation is 1. The molecule has 6 heteroatoms. The van der Waals surface area contributed by atoms with Crippen LogP contribution < -0.4 is 16.2 Å². The van der Waals surface area contributed by atoms with Crippen molar-refractivity contribution in [1.82, 2.24) is 0 Å². The van der Waals surface area contributed by atoms with Gasteiger partial charge < -0.3 is 15.2 Å². The molecule has 0 aromatic heterocycles. The number of ketones is 1. The first-order valence-electron chi connectivity index (χ1n) is 13.9. The van der Waals surface area contributed by atoms with Crippen LogP contribution in [0.2, 0.25) is 13.1 Å². The molecule has 4 nitrogen and oxygen atoms in total. The molecule has 1 aliphatic rings. The van der Waals surface area contributed by atoms with E-state index < -0.39 is 8.07 Å². The van der Waals surface area contributed by atoms with Crippen LogP contribution in [0.15, 0.2) is 78.9 Å². The number of rotatable bonds is 11. The molecule has 0 amide bonds. The monoisotopic (exact) mass is 559 g/mol. The van der Waals surface area contributed by atoms with Crippen LogP contribution in [0.25, 0.3) is 0 Å². The maximum atomic E-state index is 13.1. The number of hydrogen-bond acceptors (Lipinski definition) is 4. The molecular weight excluding hydrogens is 517 g/mol. The second-order valence-corrected chi connectivity index (χ2v) is 16.7. The zero-order chi connectivity index (χ0) is 28.0. The quantitative estimate of drug-likeness (QED) is 0.106. The molecule has 0 aliphatic heterocycles. The highest BCUT2D eigenvalue weighted by Crippen LogP contribution is 2.27. The predicted molar refractivity (Wildman–Crippen MR) is 169 cm³/mol. The van der Waals surface area contributed by atoms with Crippen LogP contribution >= 0.6 is 9.24 Å². The molecule has 206 valence electrons. The van der Waals surface area contributed by atoms with E-state index in [1.54, 1.807) is 0 Å². The predicted octanol–water partition coefficient (Wildman–Crippen LogP) is 5.83. The summed E-state index contributed by atoms with van der Waals surface area (Å²) in [4.78, 5) is 13.1. The first kappa shape index (κ1) is 29.4. The van der Waals surface area contributed by atoms with E-state index in [1.807, 2.05) is 30.3 Å². The van der Waals surface area contributed by atoms with Gasteiger partial charge in [-0.15, -0.1) is 9.24 Å². The van der Waals surface area contributed by atoms with Crippen LogP contribution in [0.5, 0.6) is 0 Å². The van der Waals surface area contributed by atoms with Crippen LogP contribution in [0.3, 0.4) is 0 Å². The van der Waals surface area contributed by atoms with Gasteiger partial charge in [0.25, 0.3) is 0 Å². The molecule has 0 fully saturated rings. The topological polar surface area (TPSA) is 61.5 Å². The van der Waals surface area contributed by atoms with Crippen LogP contribution in [-0.2, 0) is 22.5 Å². The molecule has 0 saturated heterocycles. The van der Waals surface area contributed by atoms with Crippen molar-refractivity contribution >= 4 is 39.3 Å². The van der Waals surface area contributed by atoms with Crippen molar-refractivity contribution in [2.45, 2.75) is 52.5 Å². The van der Waals surface area contributed by atoms with Gasteiger partial charge in [-0.1, -0.05) is 98.9 Å². The van der Waals surface area contributed by atoms with E-state index in [4.69, 9.17) is 15.2 Å². The molecule has 0 saturated carbocycles. The number of carbonyl (C=O) groups excluding carboxylic acids is 1. The number of carbonyl (C=O) groups is 1. The number of ether oxygens (including phenoxy) is 2. The largest absolute Gasteiger partial charge is 0.398 e. The number of anilines is 1.